The van der Waals surface area contributed by atoms with E-state index in [9.17, 15) is 13.2 Å². The number of ether oxygens (including phenoxy) is 1. The largest absolute Gasteiger partial charge is 0.497 e. The Labute approximate surface area is 132 Å². The van der Waals surface area contributed by atoms with Gasteiger partial charge in [0.1, 0.15) is 5.75 Å². The number of nitrogens with two attached hydrogens (primary N) is 1. The average Bonchev–Trinajstić information content (AvgIpc) is 2.49. The number of halogens is 1. The fourth-order valence-corrected chi connectivity index (χ4v) is 3.01. The zero-order chi connectivity index (χ0) is 16.3. The molecule has 0 aliphatic heterocycles. The number of anilines is 1. The number of rotatable bonds is 5. The molecule has 0 heterocycles. The van der Waals surface area contributed by atoms with Crippen molar-refractivity contribution >= 4 is 33.2 Å². The number of hydrogen-bond acceptors (Lipinski definition) is 4. The van der Waals surface area contributed by atoms with Gasteiger partial charge in [-0.05, 0) is 42.5 Å². The third kappa shape index (κ3) is 3.49. The van der Waals surface area contributed by atoms with Crippen LogP contribution in [0.4, 0.5) is 5.69 Å². The highest BCUT2D eigenvalue weighted by atomic mass is 35.5. The monoisotopic (exact) mass is 340 g/mol. The molecule has 22 heavy (non-hydrogen) atoms. The Balaban J connectivity index is 2.35. The molecule has 0 radical (unpaired) electrons. The molecule has 3 N–H and O–H groups in total. The second kappa shape index (κ2) is 6.25. The maximum atomic E-state index is 12.3. The Morgan fingerprint density at radius 2 is 1.82 bits per heavy atom. The quantitative estimate of drug-likeness (QED) is 0.872. The van der Waals surface area contributed by atoms with Crippen molar-refractivity contribution in [2.24, 2.45) is 5.73 Å². The summed E-state index contributed by atoms with van der Waals surface area (Å²) in [5.74, 6) is -0.144. The van der Waals surface area contributed by atoms with E-state index >= 15 is 0 Å². The normalized spacial score (nSPS) is 11.0. The number of sulfonamides is 1. The van der Waals surface area contributed by atoms with Crippen molar-refractivity contribution in [1.29, 1.82) is 0 Å². The Bertz CT molecular complexity index is 804. The second-order valence-corrected chi connectivity index (χ2v) is 6.43. The molecule has 0 saturated heterocycles. The SMILES string of the molecule is COc1ccc(S(=O)(=O)Nc2cc(C(N)=O)ccc2Cl)cc1. The lowest BCUT2D eigenvalue weighted by Gasteiger charge is -2.11. The summed E-state index contributed by atoms with van der Waals surface area (Å²) in [5, 5.41) is 0.155. The third-order valence-corrected chi connectivity index (χ3v) is 4.58. The van der Waals surface area contributed by atoms with Gasteiger partial charge in [-0.2, -0.15) is 0 Å². The summed E-state index contributed by atoms with van der Waals surface area (Å²) in [6, 6.07) is 9.93. The van der Waals surface area contributed by atoms with E-state index in [4.69, 9.17) is 22.1 Å². The number of hydrogen-bond donors (Lipinski definition) is 2. The Hall–Kier alpha value is -2.25. The molecule has 0 aliphatic carbocycles. The fraction of sp³-hybridized carbons (Fsp3) is 0.0714. The van der Waals surface area contributed by atoms with Crippen LogP contribution in [-0.4, -0.2) is 21.4 Å². The number of amides is 1. The highest BCUT2D eigenvalue weighted by Crippen LogP contribution is 2.26. The highest BCUT2D eigenvalue weighted by molar-refractivity contribution is 7.92. The Morgan fingerprint density at radius 1 is 1.18 bits per heavy atom. The first kappa shape index (κ1) is 16.1. The molecule has 2 aromatic rings. The van der Waals surface area contributed by atoms with Crippen molar-refractivity contribution < 1.29 is 17.9 Å². The van der Waals surface area contributed by atoms with Gasteiger partial charge in [0.05, 0.1) is 22.7 Å². The number of carbonyl (C=O) groups is 1. The zero-order valence-electron chi connectivity index (χ0n) is 11.5. The van der Waals surface area contributed by atoms with E-state index in [-0.39, 0.29) is 21.2 Å². The average molecular weight is 341 g/mol. The first-order valence-electron chi connectivity index (χ1n) is 6.10. The minimum atomic E-state index is -3.85. The molecule has 116 valence electrons. The van der Waals surface area contributed by atoms with Crippen molar-refractivity contribution in [3.8, 4) is 5.75 Å². The molecule has 0 bridgehead atoms. The minimum Gasteiger partial charge on any atom is -0.497 e. The molecule has 0 saturated carbocycles. The lowest BCUT2D eigenvalue weighted by Crippen LogP contribution is -2.15. The number of primary amides is 1. The maximum absolute atomic E-state index is 12.3. The van der Waals surface area contributed by atoms with Gasteiger partial charge in [-0.3, -0.25) is 9.52 Å². The van der Waals surface area contributed by atoms with Crippen molar-refractivity contribution in [2.75, 3.05) is 11.8 Å². The lowest BCUT2D eigenvalue weighted by molar-refractivity contribution is 0.100. The molecule has 2 aromatic carbocycles. The first-order chi connectivity index (χ1) is 10.3. The molecule has 2 rings (SSSR count). The summed E-state index contributed by atoms with van der Waals surface area (Å²) < 4.78 is 31.9. The molecule has 6 nitrogen and oxygen atoms in total. The van der Waals surface area contributed by atoms with E-state index in [1.54, 1.807) is 0 Å². The standard InChI is InChI=1S/C14H13ClN2O4S/c1-21-10-3-5-11(6-4-10)22(19,20)17-13-8-9(14(16)18)2-7-12(13)15/h2-8,17H,1H3,(H2,16,18). The number of nitrogens with one attached hydrogen (secondary N) is 1. The molecule has 8 heteroatoms. The van der Waals surface area contributed by atoms with Crippen molar-refractivity contribution in [3.05, 3.63) is 53.1 Å². The predicted octanol–water partition coefficient (Wildman–Crippen LogP) is 2.25. The van der Waals surface area contributed by atoms with Gasteiger partial charge in [-0.15, -0.1) is 0 Å². The first-order valence-corrected chi connectivity index (χ1v) is 7.96. The Morgan fingerprint density at radius 3 is 2.36 bits per heavy atom. The zero-order valence-corrected chi connectivity index (χ0v) is 13.1. The smallest absolute Gasteiger partial charge is 0.261 e. The molecule has 0 atom stereocenters. The van der Waals surface area contributed by atoms with Crippen LogP contribution in [0.5, 0.6) is 5.75 Å². The molecule has 0 aromatic heterocycles. The molecule has 1 amide bonds. The third-order valence-electron chi connectivity index (χ3n) is 2.86. The molecular weight excluding hydrogens is 328 g/mol. The van der Waals surface area contributed by atoms with E-state index in [0.717, 1.165) is 0 Å². The van der Waals surface area contributed by atoms with Gasteiger partial charge in [0.15, 0.2) is 0 Å². The van der Waals surface area contributed by atoms with Gasteiger partial charge in [-0.25, -0.2) is 8.42 Å². The minimum absolute atomic E-state index is 0.0360. The molecule has 0 fully saturated rings. The van der Waals surface area contributed by atoms with Crippen LogP contribution < -0.4 is 15.2 Å². The van der Waals surface area contributed by atoms with Crippen LogP contribution in [0.25, 0.3) is 0 Å². The summed E-state index contributed by atoms with van der Waals surface area (Å²) >= 11 is 5.94. The van der Waals surface area contributed by atoms with Gasteiger partial charge in [0.25, 0.3) is 10.0 Å². The summed E-state index contributed by atoms with van der Waals surface area (Å²) in [6.45, 7) is 0. The van der Waals surface area contributed by atoms with Crippen LogP contribution >= 0.6 is 11.6 Å². The number of methoxy groups -OCH3 is 1. The number of benzene rings is 2. The molecule has 0 aliphatic rings. The van der Waals surface area contributed by atoms with E-state index in [1.807, 2.05) is 0 Å². The number of carbonyl (C=O) groups excluding carboxylic acids is 1. The fourth-order valence-electron chi connectivity index (χ4n) is 1.72. The second-order valence-electron chi connectivity index (χ2n) is 4.34. The highest BCUT2D eigenvalue weighted by Gasteiger charge is 2.17. The van der Waals surface area contributed by atoms with Crippen LogP contribution in [0.1, 0.15) is 10.4 Å². The van der Waals surface area contributed by atoms with E-state index < -0.39 is 15.9 Å². The van der Waals surface area contributed by atoms with E-state index in [2.05, 4.69) is 4.72 Å². The van der Waals surface area contributed by atoms with E-state index in [0.29, 0.717) is 5.75 Å². The summed E-state index contributed by atoms with van der Waals surface area (Å²) in [5.41, 5.74) is 5.39. The molecule has 0 spiro atoms. The van der Waals surface area contributed by atoms with Gasteiger partial charge >= 0.3 is 0 Å². The van der Waals surface area contributed by atoms with Crippen molar-refractivity contribution in [1.82, 2.24) is 0 Å². The summed E-state index contributed by atoms with van der Waals surface area (Å²) in [4.78, 5) is 11.2. The predicted molar refractivity (Wildman–Crippen MR) is 83.8 cm³/mol. The van der Waals surface area contributed by atoms with Crippen molar-refractivity contribution in [2.45, 2.75) is 4.90 Å². The van der Waals surface area contributed by atoms with Crippen LogP contribution in [0, 0.1) is 0 Å². The topological polar surface area (TPSA) is 98.5 Å². The lowest BCUT2D eigenvalue weighted by atomic mass is 10.2. The van der Waals surface area contributed by atoms with Gasteiger partial charge in [0.2, 0.25) is 5.91 Å². The van der Waals surface area contributed by atoms with Crippen LogP contribution in [0.3, 0.4) is 0 Å². The maximum Gasteiger partial charge on any atom is 0.261 e. The van der Waals surface area contributed by atoms with Gasteiger partial charge in [-0.1, -0.05) is 11.6 Å². The molecular formula is C14H13ClN2O4S. The summed E-state index contributed by atoms with van der Waals surface area (Å²) in [6.07, 6.45) is 0. The van der Waals surface area contributed by atoms with Crippen molar-refractivity contribution in [3.63, 3.8) is 0 Å². The van der Waals surface area contributed by atoms with Gasteiger partial charge in [0, 0.05) is 5.56 Å². The van der Waals surface area contributed by atoms with Crippen LogP contribution in [0.15, 0.2) is 47.4 Å². The summed E-state index contributed by atoms with van der Waals surface area (Å²) in [7, 11) is -2.36. The Kier molecular flexibility index (Phi) is 4.58. The van der Waals surface area contributed by atoms with Crippen LogP contribution in [-0.2, 0) is 10.0 Å². The van der Waals surface area contributed by atoms with Gasteiger partial charge < -0.3 is 10.5 Å². The van der Waals surface area contributed by atoms with E-state index in [1.165, 1.54) is 49.6 Å². The van der Waals surface area contributed by atoms with Crippen LogP contribution in [0.2, 0.25) is 5.02 Å². The molecule has 0 unspecified atom stereocenters.